The van der Waals surface area contributed by atoms with Crippen LogP contribution in [-0.4, -0.2) is 30.6 Å². The van der Waals surface area contributed by atoms with E-state index in [4.69, 9.17) is 27.3 Å². The maximum atomic E-state index is 9.09. The summed E-state index contributed by atoms with van der Waals surface area (Å²) in [5.74, 6) is 1.35. The summed E-state index contributed by atoms with van der Waals surface area (Å²) < 4.78 is 6.44. The Bertz CT molecular complexity index is 855. The van der Waals surface area contributed by atoms with Crippen molar-refractivity contribution in [2.45, 2.75) is 31.4 Å². The van der Waals surface area contributed by atoms with Gasteiger partial charge in [-0.15, -0.1) is 0 Å². The van der Waals surface area contributed by atoms with Crippen molar-refractivity contribution in [3.8, 4) is 11.8 Å². The average Bonchev–Trinajstić information content (AvgIpc) is 3.07. The number of benzene rings is 2. The molecule has 0 bridgehead atoms. The lowest BCUT2D eigenvalue weighted by atomic mass is 9.95. The van der Waals surface area contributed by atoms with Gasteiger partial charge in [0, 0.05) is 6.07 Å². The molecule has 0 amide bonds. The molecule has 2 N–H and O–H groups in total. The van der Waals surface area contributed by atoms with Crippen LogP contribution in [0.25, 0.3) is 0 Å². The molecule has 0 radical (unpaired) electrons. The van der Waals surface area contributed by atoms with Crippen LogP contribution in [-0.2, 0) is 6.42 Å². The number of likely N-dealkylation sites (tertiary alicyclic amines) is 1. The normalized spacial score (nSPS) is 23.0. The highest BCUT2D eigenvalue weighted by Gasteiger charge is 2.39. The SMILES string of the molecule is N#Cc1ccc(O[C@@H]2c3ccccc3C[C@H]2N2CCC(CN)CC2)cc1Cl. The largest absolute Gasteiger partial charge is 0.484 e. The van der Waals surface area contributed by atoms with Crippen LogP contribution in [0.2, 0.25) is 5.02 Å². The highest BCUT2D eigenvalue weighted by molar-refractivity contribution is 6.31. The van der Waals surface area contributed by atoms with Gasteiger partial charge in [0.05, 0.1) is 16.6 Å². The maximum absolute atomic E-state index is 9.09. The van der Waals surface area contributed by atoms with E-state index in [1.54, 1.807) is 12.1 Å². The van der Waals surface area contributed by atoms with Gasteiger partial charge in [-0.25, -0.2) is 0 Å². The van der Waals surface area contributed by atoms with Crippen LogP contribution in [0.3, 0.4) is 0 Å². The molecule has 2 atom stereocenters. The second kappa shape index (κ2) is 7.90. The predicted molar refractivity (Wildman–Crippen MR) is 107 cm³/mol. The van der Waals surface area contributed by atoms with Gasteiger partial charge in [-0.1, -0.05) is 35.9 Å². The number of halogens is 1. The van der Waals surface area contributed by atoms with Crippen molar-refractivity contribution in [1.82, 2.24) is 4.90 Å². The number of fused-ring (bicyclic) bond motifs is 1. The van der Waals surface area contributed by atoms with E-state index in [-0.39, 0.29) is 6.10 Å². The molecule has 2 aliphatic rings. The van der Waals surface area contributed by atoms with Gasteiger partial charge in [-0.05, 0) is 68.1 Å². The van der Waals surface area contributed by atoms with Gasteiger partial charge in [0.15, 0.2) is 0 Å². The predicted octanol–water partition coefficient (Wildman–Crippen LogP) is 3.93. The van der Waals surface area contributed by atoms with E-state index in [0.29, 0.717) is 28.3 Å². The second-order valence-electron chi connectivity index (χ2n) is 7.48. The fourth-order valence-electron chi connectivity index (χ4n) is 4.33. The van der Waals surface area contributed by atoms with Crippen LogP contribution < -0.4 is 10.5 Å². The molecule has 4 nitrogen and oxygen atoms in total. The Balaban J connectivity index is 1.58. The van der Waals surface area contributed by atoms with Crippen LogP contribution >= 0.6 is 11.6 Å². The van der Waals surface area contributed by atoms with E-state index in [1.165, 1.54) is 11.1 Å². The molecule has 2 aromatic rings. The molecule has 1 fully saturated rings. The Labute approximate surface area is 165 Å². The Morgan fingerprint density at radius 2 is 1.96 bits per heavy atom. The lowest BCUT2D eigenvalue weighted by Crippen LogP contribution is -2.45. The lowest BCUT2D eigenvalue weighted by molar-refractivity contribution is 0.0538. The average molecular weight is 382 g/mol. The maximum Gasteiger partial charge on any atom is 0.140 e. The van der Waals surface area contributed by atoms with Gasteiger partial charge in [-0.3, -0.25) is 4.90 Å². The minimum absolute atomic E-state index is 0.0281. The van der Waals surface area contributed by atoms with Crippen LogP contribution in [0.15, 0.2) is 42.5 Å². The molecule has 0 unspecified atom stereocenters. The van der Waals surface area contributed by atoms with Gasteiger partial charge in [0.25, 0.3) is 0 Å². The van der Waals surface area contributed by atoms with Crippen molar-refractivity contribution in [2.24, 2.45) is 11.7 Å². The van der Waals surface area contributed by atoms with Crippen molar-refractivity contribution >= 4 is 11.6 Å². The molecule has 1 aliphatic carbocycles. The molecule has 1 aliphatic heterocycles. The van der Waals surface area contributed by atoms with E-state index in [9.17, 15) is 0 Å². The molecule has 1 saturated heterocycles. The number of nitriles is 1. The number of nitrogens with two attached hydrogens (primary N) is 1. The molecule has 27 heavy (non-hydrogen) atoms. The van der Waals surface area contributed by atoms with Gasteiger partial charge in [0.2, 0.25) is 0 Å². The summed E-state index contributed by atoms with van der Waals surface area (Å²) in [5.41, 5.74) is 8.94. The second-order valence-corrected chi connectivity index (χ2v) is 7.88. The molecule has 0 aromatic heterocycles. The minimum Gasteiger partial charge on any atom is -0.484 e. The van der Waals surface area contributed by atoms with Gasteiger partial charge >= 0.3 is 0 Å². The summed E-state index contributed by atoms with van der Waals surface area (Å²) in [6.07, 6.45) is 3.27. The number of ether oxygens (including phenoxy) is 1. The van der Waals surface area contributed by atoms with E-state index in [1.807, 2.05) is 6.07 Å². The van der Waals surface area contributed by atoms with Gasteiger partial charge in [0.1, 0.15) is 17.9 Å². The van der Waals surface area contributed by atoms with E-state index >= 15 is 0 Å². The standard InChI is InChI=1S/C22H24ClN3O/c23-20-12-18(6-5-17(20)14-25)27-22-19-4-2-1-3-16(19)11-21(22)26-9-7-15(13-24)8-10-26/h1-6,12,15,21-22H,7-11,13,24H2/t21-,22-/m1/s1. The number of rotatable bonds is 4. The Hall–Kier alpha value is -2.06. The molecule has 0 spiro atoms. The zero-order valence-electron chi connectivity index (χ0n) is 15.3. The zero-order chi connectivity index (χ0) is 18.8. The summed E-state index contributed by atoms with van der Waals surface area (Å²) in [6.45, 7) is 2.91. The Morgan fingerprint density at radius 1 is 1.19 bits per heavy atom. The summed E-state index contributed by atoms with van der Waals surface area (Å²) in [4.78, 5) is 2.56. The number of piperidine rings is 1. The van der Waals surface area contributed by atoms with Gasteiger partial charge < -0.3 is 10.5 Å². The summed E-state index contributed by atoms with van der Waals surface area (Å²) in [5, 5.41) is 9.52. The van der Waals surface area contributed by atoms with Crippen molar-refractivity contribution in [1.29, 1.82) is 5.26 Å². The smallest absolute Gasteiger partial charge is 0.140 e. The topological polar surface area (TPSA) is 62.3 Å². The third-order valence-corrected chi connectivity index (χ3v) is 6.23. The van der Waals surface area contributed by atoms with Crippen LogP contribution in [0.5, 0.6) is 5.75 Å². The first-order valence-corrected chi connectivity index (χ1v) is 9.95. The molecule has 2 aromatic carbocycles. The summed E-state index contributed by atoms with van der Waals surface area (Å²) >= 11 is 6.21. The van der Waals surface area contributed by atoms with E-state index in [2.05, 4.69) is 35.2 Å². The fraction of sp³-hybridized carbons (Fsp3) is 0.409. The molecular formula is C22H24ClN3O. The molecule has 0 saturated carbocycles. The quantitative estimate of drug-likeness (QED) is 0.871. The zero-order valence-corrected chi connectivity index (χ0v) is 16.0. The number of nitrogens with zero attached hydrogens (tertiary/aromatic N) is 2. The first-order chi connectivity index (χ1) is 13.2. The van der Waals surface area contributed by atoms with Crippen molar-refractivity contribution in [3.63, 3.8) is 0 Å². The molecule has 1 heterocycles. The van der Waals surface area contributed by atoms with Crippen LogP contribution in [0.1, 0.15) is 35.6 Å². The summed E-state index contributed by atoms with van der Waals surface area (Å²) in [6, 6.07) is 16.3. The third kappa shape index (κ3) is 3.68. The van der Waals surface area contributed by atoms with E-state index < -0.39 is 0 Å². The molecular weight excluding hydrogens is 358 g/mol. The minimum atomic E-state index is -0.0281. The fourth-order valence-corrected chi connectivity index (χ4v) is 4.54. The monoisotopic (exact) mass is 381 g/mol. The first kappa shape index (κ1) is 18.3. The Kier molecular flexibility index (Phi) is 5.36. The van der Waals surface area contributed by atoms with Gasteiger partial charge in [-0.2, -0.15) is 5.26 Å². The molecule has 4 rings (SSSR count). The van der Waals surface area contributed by atoms with Crippen LogP contribution in [0, 0.1) is 17.2 Å². The first-order valence-electron chi connectivity index (χ1n) is 9.58. The van der Waals surface area contributed by atoms with Crippen molar-refractivity contribution in [2.75, 3.05) is 19.6 Å². The third-order valence-electron chi connectivity index (χ3n) is 5.92. The number of hydrogen-bond acceptors (Lipinski definition) is 4. The lowest BCUT2D eigenvalue weighted by Gasteiger charge is -2.38. The number of hydrogen-bond donors (Lipinski definition) is 1. The van der Waals surface area contributed by atoms with E-state index in [0.717, 1.165) is 38.9 Å². The van der Waals surface area contributed by atoms with Crippen molar-refractivity contribution in [3.05, 3.63) is 64.2 Å². The summed E-state index contributed by atoms with van der Waals surface area (Å²) in [7, 11) is 0. The highest BCUT2D eigenvalue weighted by Crippen LogP contribution is 2.39. The Morgan fingerprint density at radius 3 is 2.67 bits per heavy atom. The molecule has 5 heteroatoms. The molecule has 140 valence electrons. The van der Waals surface area contributed by atoms with Crippen molar-refractivity contribution < 1.29 is 4.74 Å². The van der Waals surface area contributed by atoms with Crippen LogP contribution in [0.4, 0.5) is 0 Å². The highest BCUT2D eigenvalue weighted by atomic mass is 35.5.